The molecule has 6 nitrogen and oxygen atoms in total. The van der Waals surface area contributed by atoms with Crippen LogP contribution in [0.4, 0.5) is 5.82 Å². The molecule has 2 aliphatic heterocycles. The minimum atomic E-state index is -0.393. The fourth-order valence-electron chi connectivity index (χ4n) is 4.02. The van der Waals surface area contributed by atoms with Gasteiger partial charge in [0, 0.05) is 19.6 Å². The topological polar surface area (TPSA) is 75.3 Å². The average Bonchev–Trinajstić information content (AvgIpc) is 3.24. The SMILES string of the molecule is Cc1nc(N2CCC(CN3CCCC3)CC2)c2sc(C(N)=O)cc2n1. The molecule has 0 unspecified atom stereocenters. The van der Waals surface area contributed by atoms with Crippen molar-refractivity contribution in [1.82, 2.24) is 14.9 Å². The van der Waals surface area contributed by atoms with E-state index in [1.807, 2.05) is 6.92 Å². The molecule has 0 saturated carbocycles. The number of thiophene rings is 1. The molecule has 0 aromatic carbocycles. The van der Waals surface area contributed by atoms with Crippen molar-refractivity contribution >= 4 is 33.3 Å². The Hall–Kier alpha value is -1.73. The van der Waals surface area contributed by atoms with E-state index in [0.29, 0.717) is 4.88 Å². The second-order valence-corrected chi connectivity index (χ2v) is 8.27. The van der Waals surface area contributed by atoms with Crippen molar-refractivity contribution in [2.24, 2.45) is 11.7 Å². The van der Waals surface area contributed by atoms with Crippen LogP contribution in [0.1, 0.15) is 41.2 Å². The van der Waals surface area contributed by atoms with E-state index in [9.17, 15) is 4.79 Å². The molecule has 2 N–H and O–H groups in total. The van der Waals surface area contributed by atoms with E-state index in [1.165, 1.54) is 56.7 Å². The van der Waals surface area contributed by atoms with Crippen molar-refractivity contribution in [3.63, 3.8) is 0 Å². The number of likely N-dealkylation sites (tertiary alicyclic amines) is 1. The van der Waals surface area contributed by atoms with Gasteiger partial charge in [0.25, 0.3) is 5.91 Å². The Labute approximate surface area is 152 Å². The van der Waals surface area contributed by atoms with Crippen molar-refractivity contribution in [3.05, 3.63) is 16.8 Å². The number of anilines is 1. The van der Waals surface area contributed by atoms with Gasteiger partial charge in [-0.1, -0.05) is 0 Å². The Bertz CT molecular complexity index is 775. The molecule has 0 atom stereocenters. The summed E-state index contributed by atoms with van der Waals surface area (Å²) in [6.07, 6.45) is 5.12. The number of piperidine rings is 1. The van der Waals surface area contributed by atoms with Crippen LogP contribution in [0, 0.1) is 12.8 Å². The highest BCUT2D eigenvalue weighted by Crippen LogP contribution is 2.34. The van der Waals surface area contributed by atoms with Crippen molar-refractivity contribution in [3.8, 4) is 0 Å². The Morgan fingerprint density at radius 2 is 1.96 bits per heavy atom. The van der Waals surface area contributed by atoms with Crippen molar-refractivity contribution in [2.75, 3.05) is 37.6 Å². The molecule has 7 heteroatoms. The third-order valence-electron chi connectivity index (χ3n) is 5.34. The van der Waals surface area contributed by atoms with Gasteiger partial charge in [-0.25, -0.2) is 9.97 Å². The molecule has 2 fully saturated rings. The molecular weight excluding hydrogens is 334 g/mol. The van der Waals surface area contributed by atoms with E-state index >= 15 is 0 Å². The fraction of sp³-hybridized carbons (Fsp3) is 0.611. The van der Waals surface area contributed by atoms with Gasteiger partial charge in [-0.3, -0.25) is 4.79 Å². The summed E-state index contributed by atoms with van der Waals surface area (Å²) in [5.74, 6) is 2.11. The number of fused-ring (bicyclic) bond motifs is 1. The Kier molecular flexibility index (Phi) is 4.60. The number of primary amides is 1. The van der Waals surface area contributed by atoms with Gasteiger partial charge in [0.05, 0.1) is 15.1 Å². The lowest BCUT2D eigenvalue weighted by molar-refractivity contribution is 0.100. The van der Waals surface area contributed by atoms with Gasteiger partial charge in [-0.2, -0.15) is 0 Å². The highest BCUT2D eigenvalue weighted by Gasteiger charge is 2.25. The van der Waals surface area contributed by atoms with Crippen LogP contribution < -0.4 is 10.6 Å². The maximum atomic E-state index is 11.5. The minimum Gasteiger partial charge on any atom is -0.365 e. The van der Waals surface area contributed by atoms with E-state index in [0.717, 1.165) is 40.9 Å². The first-order chi connectivity index (χ1) is 12.1. The monoisotopic (exact) mass is 359 g/mol. The third-order valence-corrected chi connectivity index (χ3v) is 6.47. The Balaban J connectivity index is 1.51. The van der Waals surface area contributed by atoms with Gasteiger partial charge in [-0.05, 0) is 57.7 Å². The Morgan fingerprint density at radius 3 is 2.64 bits per heavy atom. The lowest BCUT2D eigenvalue weighted by Crippen LogP contribution is -2.38. The number of carbonyl (C=O) groups excluding carboxylic acids is 1. The second kappa shape index (κ2) is 6.88. The van der Waals surface area contributed by atoms with Crippen LogP contribution in [0.2, 0.25) is 0 Å². The first-order valence-corrected chi connectivity index (χ1v) is 9.97. The molecule has 0 radical (unpaired) electrons. The van der Waals surface area contributed by atoms with Crippen LogP contribution in [0.3, 0.4) is 0 Å². The largest absolute Gasteiger partial charge is 0.365 e. The second-order valence-electron chi connectivity index (χ2n) is 7.22. The molecule has 2 saturated heterocycles. The zero-order valence-electron chi connectivity index (χ0n) is 14.7. The number of hydrogen-bond donors (Lipinski definition) is 1. The highest BCUT2D eigenvalue weighted by atomic mass is 32.1. The molecular formula is C18H25N5OS. The molecule has 0 spiro atoms. The van der Waals surface area contributed by atoms with E-state index in [2.05, 4.69) is 19.8 Å². The van der Waals surface area contributed by atoms with E-state index in [4.69, 9.17) is 5.73 Å². The predicted molar refractivity (Wildman–Crippen MR) is 101 cm³/mol. The number of aromatic nitrogens is 2. The molecule has 0 bridgehead atoms. The summed E-state index contributed by atoms with van der Waals surface area (Å²) in [6, 6.07) is 1.79. The van der Waals surface area contributed by atoms with Crippen LogP contribution in [0.5, 0.6) is 0 Å². The zero-order valence-corrected chi connectivity index (χ0v) is 15.5. The first kappa shape index (κ1) is 16.7. The van der Waals surface area contributed by atoms with Crippen molar-refractivity contribution in [1.29, 1.82) is 0 Å². The molecule has 4 heterocycles. The van der Waals surface area contributed by atoms with Crippen LogP contribution in [-0.2, 0) is 0 Å². The summed E-state index contributed by atoms with van der Waals surface area (Å²) in [5, 5.41) is 0. The third kappa shape index (κ3) is 3.48. The molecule has 2 aromatic rings. The van der Waals surface area contributed by atoms with E-state index < -0.39 is 5.91 Å². The van der Waals surface area contributed by atoms with E-state index in [-0.39, 0.29) is 0 Å². The Morgan fingerprint density at radius 1 is 1.24 bits per heavy atom. The van der Waals surface area contributed by atoms with Gasteiger partial charge < -0.3 is 15.5 Å². The number of hydrogen-bond acceptors (Lipinski definition) is 6. The molecule has 25 heavy (non-hydrogen) atoms. The lowest BCUT2D eigenvalue weighted by atomic mass is 9.96. The molecule has 0 aliphatic carbocycles. The number of carbonyl (C=O) groups is 1. The van der Waals surface area contributed by atoms with Gasteiger partial charge in [0.1, 0.15) is 11.6 Å². The molecule has 134 valence electrons. The van der Waals surface area contributed by atoms with Gasteiger partial charge in [0.2, 0.25) is 0 Å². The van der Waals surface area contributed by atoms with Crippen LogP contribution >= 0.6 is 11.3 Å². The minimum absolute atomic E-state index is 0.393. The maximum Gasteiger partial charge on any atom is 0.258 e. The predicted octanol–water partition coefficient (Wildman–Crippen LogP) is 2.41. The summed E-state index contributed by atoms with van der Waals surface area (Å²) in [4.78, 5) is 26.2. The zero-order chi connectivity index (χ0) is 17.4. The summed E-state index contributed by atoms with van der Waals surface area (Å²) in [6.45, 7) is 7.75. The van der Waals surface area contributed by atoms with Crippen LogP contribution in [0.25, 0.3) is 10.2 Å². The normalized spacial score (nSPS) is 19.8. The number of nitrogens with zero attached hydrogens (tertiary/aromatic N) is 4. The van der Waals surface area contributed by atoms with E-state index in [1.54, 1.807) is 6.07 Å². The molecule has 2 aliphatic rings. The van der Waals surface area contributed by atoms with Crippen molar-refractivity contribution < 1.29 is 4.79 Å². The average molecular weight is 359 g/mol. The van der Waals surface area contributed by atoms with Gasteiger partial charge >= 0.3 is 0 Å². The van der Waals surface area contributed by atoms with Gasteiger partial charge in [0.15, 0.2) is 0 Å². The fourth-order valence-corrected chi connectivity index (χ4v) is 4.99. The quantitative estimate of drug-likeness (QED) is 0.907. The number of aryl methyl sites for hydroxylation is 1. The van der Waals surface area contributed by atoms with Crippen LogP contribution in [0.15, 0.2) is 6.07 Å². The smallest absolute Gasteiger partial charge is 0.258 e. The standard InChI is InChI=1S/C18H25N5OS/c1-12-20-14-10-15(17(19)24)25-16(14)18(21-12)23-8-4-13(5-9-23)11-22-6-2-3-7-22/h10,13H,2-9,11H2,1H3,(H2,19,24). The number of rotatable bonds is 4. The molecule has 4 rings (SSSR count). The maximum absolute atomic E-state index is 11.5. The number of amides is 1. The lowest BCUT2D eigenvalue weighted by Gasteiger charge is -2.34. The van der Waals surface area contributed by atoms with Crippen LogP contribution in [-0.4, -0.2) is 53.5 Å². The van der Waals surface area contributed by atoms with Crippen molar-refractivity contribution in [2.45, 2.75) is 32.6 Å². The summed E-state index contributed by atoms with van der Waals surface area (Å²) < 4.78 is 0.984. The van der Waals surface area contributed by atoms with Gasteiger partial charge in [-0.15, -0.1) is 11.3 Å². The molecule has 2 aromatic heterocycles. The molecule has 1 amide bonds. The summed E-state index contributed by atoms with van der Waals surface area (Å²) in [7, 11) is 0. The summed E-state index contributed by atoms with van der Waals surface area (Å²) >= 11 is 1.41. The number of nitrogens with two attached hydrogens (primary N) is 1. The first-order valence-electron chi connectivity index (χ1n) is 9.15. The highest BCUT2D eigenvalue weighted by molar-refractivity contribution is 7.21. The summed E-state index contributed by atoms with van der Waals surface area (Å²) in [5.41, 5.74) is 6.28.